The van der Waals surface area contributed by atoms with Gasteiger partial charge in [0.05, 0.1) is 12.0 Å². The van der Waals surface area contributed by atoms with E-state index in [1.807, 2.05) is 11.8 Å². The lowest BCUT2D eigenvalue weighted by molar-refractivity contribution is 0.0775. The summed E-state index contributed by atoms with van der Waals surface area (Å²) in [5, 5.41) is 13.1. The molecule has 2 heterocycles. The number of hydrogen-bond acceptors (Lipinski definition) is 5. The van der Waals surface area contributed by atoms with Crippen LogP contribution in [0.2, 0.25) is 0 Å². The number of nitrogens with zero attached hydrogens (tertiary/aromatic N) is 3. The topological polar surface area (TPSA) is 79.5 Å². The summed E-state index contributed by atoms with van der Waals surface area (Å²) in [6.07, 6.45) is 3.22. The van der Waals surface area contributed by atoms with E-state index in [1.54, 1.807) is 24.3 Å². The molecule has 126 valence electrons. The summed E-state index contributed by atoms with van der Waals surface area (Å²) in [5.41, 5.74) is 1.29. The lowest BCUT2D eigenvalue weighted by Crippen LogP contribution is -2.34. The zero-order valence-corrected chi connectivity index (χ0v) is 13.7. The molecule has 1 saturated heterocycles. The van der Waals surface area contributed by atoms with Gasteiger partial charge in [-0.05, 0) is 43.4 Å². The largest absolute Gasteiger partial charge is 0.392 e. The van der Waals surface area contributed by atoms with Gasteiger partial charge in [0.2, 0.25) is 5.89 Å². The molecule has 24 heavy (non-hydrogen) atoms. The summed E-state index contributed by atoms with van der Waals surface area (Å²) in [7, 11) is 0. The average Bonchev–Trinajstić information content (AvgIpc) is 3.28. The SMILES string of the molecule is Cc1noc([C@]23CCC[C@H]2CN(C(=O)c2ccc(CO)cc2)C3)n1. The molecule has 1 amide bonds. The van der Waals surface area contributed by atoms with Gasteiger partial charge < -0.3 is 14.5 Å². The summed E-state index contributed by atoms with van der Waals surface area (Å²) in [5.74, 6) is 1.75. The Morgan fingerprint density at radius 2 is 2.21 bits per heavy atom. The number of benzene rings is 1. The van der Waals surface area contributed by atoms with E-state index in [1.165, 1.54) is 0 Å². The third-order valence-corrected chi connectivity index (χ3v) is 5.49. The minimum Gasteiger partial charge on any atom is -0.392 e. The fourth-order valence-electron chi connectivity index (χ4n) is 4.23. The molecule has 0 bridgehead atoms. The van der Waals surface area contributed by atoms with E-state index in [-0.39, 0.29) is 17.9 Å². The van der Waals surface area contributed by atoms with E-state index in [0.29, 0.717) is 29.7 Å². The number of carbonyl (C=O) groups is 1. The van der Waals surface area contributed by atoms with Gasteiger partial charge in [-0.3, -0.25) is 4.79 Å². The minimum absolute atomic E-state index is 0.0140. The molecule has 2 atom stereocenters. The highest BCUT2D eigenvalue weighted by Crippen LogP contribution is 2.50. The summed E-state index contributed by atoms with van der Waals surface area (Å²) < 4.78 is 5.49. The van der Waals surface area contributed by atoms with Crippen molar-refractivity contribution in [3.8, 4) is 0 Å². The number of likely N-dealkylation sites (tertiary alicyclic amines) is 1. The van der Waals surface area contributed by atoms with Gasteiger partial charge in [0.15, 0.2) is 5.82 Å². The lowest BCUT2D eigenvalue weighted by atomic mass is 9.80. The second kappa shape index (κ2) is 5.70. The van der Waals surface area contributed by atoms with Gasteiger partial charge in [0, 0.05) is 18.7 Å². The number of rotatable bonds is 3. The number of aromatic nitrogens is 2. The van der Waals surface area contributed by atoms with E-state index in [0.717, 1.165) is 31.4 Å². The third kappa shape index (κ3) is 2.33. The molecular weight excluding hydrogens is 306 g/mol. The molecule has 0 unspecified atom stereocenters. The molecule has 2 fully saturated rings. The van der Waals surface area contributed by atoms with Crippen molar-refractivity contribution in [1.29, 1.82) is 0 Å². The van der Waals surface area contributed by atoms with Gasteiger partial charge in [0.25, 0.3) is 5.91 Å². The van der Waals surface area contributed by atoms with Crippen molar-refractivity contribution in [2.45, 2.75) is 38.2 Å². The van der Waals surface area contributed by atoms with Gasteiger partial charge in [-0.25, -0.2) is 0 Å². The van der Waals surface area contributed by atoms with Crippen LogP contribution in [0.15, 0.2) is 28.8 Å². The Labute approximate surface area is 140 Å². The van der Waals surface area contributed by atoms with Crippen molar-refractivity contribution >= 4 is 5.91 Å². The number of hydrogen-bond donors (Lipinski definition) is 1. The van der Waals surface area contributed by atoms with Crippen LogP contribution in [0.3, 0.4) is 0 Å². The summed E-state index contributed by atoms with van der Waals surface area (Å²) >= 11 is 0. The Morgan fingerprint density at radius 1 is 1.42 bits per heavy atom. The highest BCUT2D eigenvalue weighted by Gasteiger charge is 2.55. The van der Waals surface area contributed by atoms with Crippen molar-refractivity contribution in [3.63, 3.8) is 0 Å². The molecule has 6 heteroatoms. The number of fused-ring (bicyclic) bond motifs is 1. The Balaban J connectivity index is 1.59. The van der Waals surface area contributed by atoms with Crippen LogP contribution in [0.25, 0.3) is 0 Å². The molecule has 1 aliphatic carbocycles. The smallest absolute Gasteiger partial charge is 0.253 e. The van der Waals surface area contributed by atoms with Crippen molar-refractivity contribution in [3.05, 3.63) is 47.1 Å². The number of aryl methyl sites for hydroxylation is 1. The molecule has 1 aromatic heterocycles. The second-order valence-electron chi connectivity index (χ2n) is 6.93. The van der Waals surface area contributed by atoms with Crippen LogP contribution in [0.4, 0.5) is 0 Å². The maximum absolute atomic E-state index is 12.9. The predicted molar refractivity (Wildman–Crippen MR) is 86.3 cm³/mol. The summed E-state index contributed by atoms with van der Waals surface area (Å²) in [6.45, 7) is 3.19. The van der Waals surface area contributed by atoms with Crippen LogP contribution in [0.1, 0.15) is 46.9 Å². The zero-order valence-electron chi connectivity index (χ0n) is 13.7. The Bertz CT molecular complexity index is 755. The zero-order chi connectivity index (χ0) is 16.7. The Kier molecular flexibility index (Phi) is 3.64. The van der Waals surface area contributed by atoms with Crippen LogP contribution in [0.5, 0.6) is 0 Å². The van der Waals surface area contributed by atoms with Crippen LogP contribution in [0, 0.1) is 12.8 Å². The van der Waals surface area contributed by atoms with Crippen molar-refractivity contribution in [2.24, 2.45) is 5.92 Å². The number of carbonyl (C=O) groups excluding carboxylic acids is 1. The first kappa shape index (κ1) is 15.3. The van der Waals surface area contributed by atoms with E-state index in [9.17, 15) is 4.79 Å². The van der Waals surface area contributed by atoms with Gasteiger partial charge >= 0.3 is 0 Å². The molecule has 0 radical (unpaired) electrons. The van der Waals surface area contributed by atoms with Crippen molar-refractivity contribution < 1.29 is 14.4 Å². The van der Waals surface area contributed by atoms with Crippen LogP contribution in [-0.4, -0.2) is 39.1 Å². The quantitative estimate of drug-likeness (QED) is 0.933. The van der Waals surface area contributed by atoms with Gasteiger partial charge in [0.1, 0.15) is 0 Å². The molecule has 4 rings (SSSR count). The van der Waals surface area contributed by atoms with Crippen LogP contribution >= 0.6 is 0 Å². The van der Waals surface area contributed by atoms with E-state index >= 15 is 0 Å². The molecule has 2 aliphatic rings. The lowest BCUT2D eigenvalue weighted by Gasteiger charge is -2.24. The maximum atomic E-state index is 12.9. The predicted octanol–water partition coefficient (Wildman–Crippen LogP) is 2.06. The first-order chi connectivity index (χ1) is 11.6. The molecule has 1 saturated carbocycles. The summed E-state index contributed by atoms with van der Waals surface area (Å²) in [4.78, 5) is 19.2. The normalized spacial score (nSPS) is 25.9. The summed E-state index contributed by atoms with van der Waals surface area (Å²) in [6, 6.07) is 7.15. The fourth-order valence-corrected chi connectivity index (χ4v) is 4.23. The average molecular weight is 327 g/mol. The molecule has 1 aromatic carbocycles. The van der Waals surface area contributed by atoms with Gasteiger partial charge in [-0.1, -0.05) is 23.7 Å². The van der Waals surface area contributed by atoms with Crippen LogP contribution < -0.4 is 0 Å². The number of aliphatic hydroxyl groups excluding tert-OH is 1. The van der Waals surface area contributed by atoms with Gasteiger partial charge in [-0.15, -0.1) is 0 Å². The first-order valence-electron chi connectivity index (χ1n) is 8.42. The van der Waals surface area contributed by atoms with E-state index < -0.39 is 0 Å². The highest BCUT2D eigenvalue weighted by molar-refractivity contribution is 5.94. The number of aliphatic hydroxyl groups is 1. The fraction of sp³-hybridized carbons (Fsp3) is 0.500. The molecular formula is C18H21N3O3. The Hall–Kier alpha value is -2.21. The molecule has 1 N–H and O–H groups in total. The molecule has 2 aromatic rings. The number of amides is 1. The van der Waals surface area contributed by atoms with Gasteiger partial charge in [-0.2, -0.15) is 4.98 Å². The molecule has 6 nitrogen and oxygen atoms in total. The molecule has 1 aliphatic heterocycles. The second-order valence-corrected chi connectivity index (χ2v) is 6.93. The molecule has 0 spiro atoms. The standard InChI is InChI=1S/C18H21N3O3/c1-12-19-17(24-20-12)18-8-2-3-15(18)9-21(11-18)16(23)14-6-4-13(10-22)5-7-14/h4-7,15,22H,2-3,8-11H2,1H3/t15-,18-/m0/s1. The third-order valence-electron chi connectivity index (χ3n) is 5.49. The monoisotopic (exact) mass is 327 g/mol. The maximum Gasteiger partial charge on any atom is 0.253 e. The van der Waals surface area contributed by atoms with E-state index in [4.69, 9.17) is 9.63 Å². The highest BCUT2D eigenvalue weighted by atomic mass is 16.5. The Morgan fingerprint density at radius 3 is 2.88 bits per heavy atom. The first-order valence-corrected chi connectivity index (χ1v) is 8.42. The van der Waals surface area contributed by atoms with Crippen molar-refractivity contribution in [1.82, 2.24) is 15.0 Å². The van der Waals surface area contributed by atoms with Crippen LogP contribution in [-0.2, 0) is 12.0 Å². The minimum atomic E-state index is -0.179. The van der Waals surface area contributed by atoms with E-state index in [2.05, 4.69) is 10.1 Å². The van der Waals surface area contributed by atoms with Crippen molar-refractivity contribution in [2.75, 3.05) is 13.1 Å².